The van der Waals surface area contributed by atoms with Crippen molar-refractivity contribution in [3.05, 3.63) is 28.7 Å². The van der Waals surface area contributed by atoms with Crippen LogP contribution in [0.2, 0.25) is 0 Å². The van der Waals surface area contributed by atoms with Crippen LogP contribution in [-0.4, -0.2) is 43.1 Å². The Balaban J connectivity index is 1.33. The van der Waals surface area contributed by atoms with Gasteiger partial charge >= 0.3 is 5.97 Å². The molecule has 1 saturated carbocycles. The Labute approximate surface area is 150 Å². The van der Waals surface area contributed by atoms with Gasteiger partial charge in [-0.3, -0.25) is 9.59 Å². The molecule has 0 bridgehead atoms. The summed E-state index contributed by atoms with van der Waals surface area (Å²) in [7, 11) is 0. The van der Waals surface area contributed by atoms with Gasteiger partial charge in [0, 0.05) is 23.5 Å². The minimum Gasteiger partial charge on any atom is -0.490 e. The molecule has 0 aromatic heterocycles. The van der Waals surface area contributed by atoms with E-state index in [0.29, 0.717) is 32.5 Å². The lowest BCUT2D eigenvalue weighted by atomic mass is 9.97. The van der Waals surface area contributed by atoms with Crippen LogP contribution in [0.15, 0.2) is 28.7 Å². The van der Waals surface area contributed by atoms with Crippen LogP contribution in [0.1, 0.15) is 25.7 Å². The predicted molar refractivity (Wildman–Crippen MR) is 92.6 cm³/mol. The SMILES string of the molecule is O=C(OCCOc1cccc(Br)c1)C1CCN(C(=O)C2CC2)CC1. The first-order valence-electron chi connectivity index (χ1n) is 8.47. The summed E-state index contributed by atoms with van der Waals surface area (Å²) < 4.78 is 11.8. The fraction of sp³-hybridized carbons (Fsp3) is 0.556. The number of rotatable bonds is 6. The number of benzene rings is 1. The molecule has 1 aliphatic carbocycles. The maximum atomic E-state index is 12.1. The van der Waals surface area contributed by atoms with E-state index in [9.17, 15) is 9.59 Å². The summed E-state index contributed by atoms with van der Waals surface area (Å²) in [5, 5.41) is 0. The summed E-state index contributed by atoms with van der Waals surface area (Å²) in [5.74, 6) is 0.991. The second kappa shape index (κ2) is 8.01. The first-order valence-corrected chi connectivity index (χ1v) is 9.26. The first-order chi connectivity index (χ1) is 11.6. The maximum absolute atomic E-state index is 12.1. The van der Waals surface area contributed by atoms with Crippen molar-refractivity contribution in [2.24, 2.45) is 11.8 Å². The Morgan fingerprint density at radius 3 is 2.50 bits per heavy atom. The molecule has 0 N–H and O–H groups in total. The van der Waals surface area contributed by atoms with Gasteiger partial charge in [-0.1, -0.05) is 22.0 Å². The topological polar surface area (TPSA) is 55.8 Å². The van der Waals surface area contributed by atoms with Crippen molar-refractivity contribution >= 4 is 27.8 Å². The zero-order chi connectivity index (χ0) is 16.9. The van der Waals surface area contributed by atoms with Crippen molar-refractivity contribution in [2.45, 2.75) is 25.7 Å². The lowest BCUT2D eigenvalue weighted by Gasteiger charge is -2.31. The number of likely N-dealkylation sites (tertiary alicyclic amines) is 1. The molecular weight excluding hydrogens is 374 g/mol. The molecule has 2 aliphatic rings. The van der Waals surface area contributed by atoms with Gasteiger partial charge in [-0.05, 0) is 43.9 Å². The number of nitrogens with zero attached hydrogens (tertiary/aromatic N) is 1. The van der Waals surface area contributed by atoms with Gasteiger partial charge in [-0.2, -0.15) is 0 Å². The lowest BCUT2D eigenvalue weighted by molar-refractivity contribution is -0.152. The Morgan fingerprint density at radius 2 is 1.83 bits per heavy atom. The van der Waals surface area contributed by atoms with Crippen molar-refractivity contribution in [3.8, 4) is 5.75 Å². The zero-order valence-electron chi connectivity index (χ0n) is 13.6. The number of carbonyl (C=O) groups excluding carboxylic acids is 2. The van der Waals surface area contributed by atoms with Crippen LogP contribution in [-0.2, 0) is 14.3 Å². The fourth-order valence-corrected chi connectivity index (χ4v) is 3.28. The summed E-state index contributed by atoms with van der Waals surface area (Å²) in [5.41, 5.74) is 0. The van der Waals surface area contributed by atoms with Crippen LogP contribution >= 0.6 is 15.9 Å². The van der Waals surface area contributed by atoms with E-state index < -0.39 is 0 Å². The van der Waals surface area contributed by atoms with Gasteiger partial charge in [-0.25, -0.2) is 0 Å². The smallest absolute Gasteiger partial charge is 0.309 e. The van der Waals surface area contributed by atoms with E-state index in [2.05, 4.69) is 15.9 Å². The molecule has 1 saturated heterocycles. The maximum Gasteiger partial charge on any atom is 0.309 e. The van der Waals surface area contributed by atoms with Crippen LogP contribution in [0.25, 0.3) is 0 Å². The number of piperidine rings is 1. The van der Waals surface area contributed by atoms with Crippen molar-refractivity contribution in [3.63, 3.8) is 0 Å². The van der Waals surface area contributed by atoms with Crippen LogP contribution in [0.5, 0.6) is 5.75 Å². The second-order valence-corrected chi connectivity index (χ2v) is 7.26. The van der Waals surface area contributed by atoms with Crippen molar-refractivity contribution < 1.29 is 19.1 Å². The Morgan fingerprint density at radius 1 is 1.08 bits per heavy atom. The van der Waals surface area contributed by atoms with Gasteiger partial charge in [0.25, 0.3) is 0 Å². The summed E-state index contributed by atoms with van der Waals surface area (Å²) in [6.07, 6.45) is 3.45. The summed E-state index contributed by atoms with van der Waals surface area (Å²) >= 11 is 3.38. The Bertz CT molecular complexity index is 594. The fourth-order valence-electron chi connectivity index (χ4n) is 2.90. The van der Waals surface area contributed by atoms with Crippen molar-refractivity contribution in [2.75, 3.05) is 26.3 Å². The molecule has 1 aromatic rings. The van der Waals surface area contributed by atoms with E-state index in [1.54, 1.807) is 0 Å². The number of carbonyl (C=O) groups is 2. The highest BCUT2D eigenvalue weighted by molar-refractivity contribution is 9.10. The van der Waals surface area contributed by atoms with Gasteiger partial charge < -0.3 is 14.4 Å². The first kappa shape index (κ1) is 17.3. The van der Waals surface area contributed by atoms with Crippen LogP contribution in [0.4, 0.5) is 0 Å². The highest BCUT2D eigenvalue weighted by atomic mass is 79.9. The molecule has 3 rings (SSSR count). The molecule has 1 heterocycles. The molecule has 0 unspecified atom stereocenters. The van der Waals surface area contributed by atoms with Gasteiger partial charge in [0.2, 0.25) is 5.91 Å². The van der Waals surface area contributed by atoms with Crippen LogP contribution in [0.3, 0.4) is 0 Å². The molecule has 0 spiro atoms. The number of ether oxygens (including phenoxy) is 2. The predicted octanol–water partition coefficient (Wildman–Crippen LogP) is 3.02. The van der Waals surface area contributed by atoms with E-state index in [0.717, 1.165) is 23.1 Å². The second-order valence-electron chi connectivity index (χ2n) is 6.35. The lowest BCUT2D eigenvalue weighted by Crippen LogP contribution is -2.41. The molecule has 0 atom stereocenters. The number of hydrogen-bond acceptors (Lipinski definition) is 4. The number of esters is 1. The molecular formula is C18H22BrNO4. The number of amides is 1. The summed E-state index contributed by atoms with van der Waals surface area (Å²) in [4.78, 5) is 26.0. The average Bonchev–Trinajstić information content (AvgIpc) is 3.43. The Hall–Kier alpha value is -1.56. The highest BCUT2D eigenvalue weighted by Gasteiger charge is 2.36. The van der Waals surface area contributed by atoms with E-state index in [4.69, 9.17) is 9.47 Å². The van der Waals surface area contributed by atoms with Gasteiger partial charge in [0.15, 0.2) is 0 Å². The third-order valence-electron chi connectivity index (χ3n) is 4.46. The van der Waals surface area contributed by atoms with Gasteiger partial charge in [-0.15, -0.1) is 0 Å². The van der Waals surface area contributed by atoms with Crippen molar-refractivity contribution in [1.29, 1.82) is 0 Å². The molecule has 6 heteroatoms. The zero-order valence-corrected chi connectivity index (χ0v) is 15.2. The quantitative estimate of drug-likeness (QED) is 0.548. The van der Waals surface area contributed by atoms with Crippen LogP contribution in [0, 0.1) is 11.8 Å². The third kappa shape index (κ3) is 4.72. The molecule has 0 radical (unpaired) electrons. The number of hydrogen-bond donors (Lipinski definition) is 0. The van der Waals surface area contributed by atoms with Gasteiger partial charge in [0.1, 0.15) is 19.0 Å². The highest BCUT2D eigenvalue weighted by Crippen LogP contribution is 2.32. The third-order valence-corrected chi connectivity index (χ3v) is 4.95. The van der Waals surface area contributed by atoms with Gasteiger partial charge in [0.05, 0.1) is 5.92 Å². The summed E-state index contributed by atoms with van der Waals surface area (Å²) in [6.45, 7) is 1.92. The van der Waals surface area contributed by atoms with Crippen LogP contribution < -0.4 is 4.74 Å². The normalized spacial score (nSPS) is 18.3. The molecule has 5 nitrogen and oxygen atoms in total. The van der Waals surface area contributed by atoms with Crippen molar-refractivity contribution in [1.82, 2.24) is 4.90 Å². The minimum atomic E-state index is -0.175. The standard InChI is InChI=1S/C18H22BrNO4/c19-15-2-1-3-16(12-15)23-10-11-24-18(22)14-6-8-20(9-7-14)17(21)13-4-5-13/h1-3,12-14H,4-11H2. The monoisotopic (exact) mass is 395 g/mol. The average molecular weight is 396 g/mol. The summed E-state index contributed by atoms with van der Waals surface area (Å²) in [6, 6.07) is 7.54. The van der Waals surface area contributed by atoms with E-state index in [1.807, 2.05) is 29.2 Å². The molecule has 1 aromatic carbocycles. The van der Waals surface area contributed by atoms with E-state index in [1.165, 1.54) is 0 Å². The Kier molecular flexibility index (Phi) is 5.76. The minimum absolute atomic E-state index is 0.0980. The van der Waals surface area contributed by atoms with E-state index >= 15 is 0 Å². The molecule has 130 valence electrons. The largest absolute Gasteiger partial charge is 0.490 e. The molecule has 1 aliphatic heterocycles. The molecule has 2 fully saturated rings. The number of halogens is 1. The van der Waals surface area contributed by atoms with E-state index in [-0.39, 0.29) is 30.3 Å². The molecule has 24 heavy (non-hydrogen) atoms. The molecule has 1 amide bonds.